The van der Waals surface area contributed by atoms with E-state index in [2.05, 4.69) is 10.2 Å². The lowest BCUT2D eigenvalue weighted by atomic mass is 9.73. The summed E-state index contributed by atoms with van der Waals surface area (Å²) in [4.78, 5) is 53.6. The van der Waals surface area contributed by atoms with Crippen LogP contribution in [-0.2, 0) is 32.1 Å². The Hall–Kier alpha value is -4.14. The molecule has 9 nitrogen and oxygen atoms in total. The van der Waals surface area contributed by atoms with Crippen molar-refractivity contribution in [1.29, 1.82) is 0 Å². The van der Waals surface area contributed by atoms with Crippen LogP contribution in [0.3, 0.4) is 0 Å². The fraction of sp³-hybridized carbons (Fsp3) is 0.419. The minimum atomic E-state index is -1.06. The molecule has 1 amide bonds. The van der Waals surface area contributed by atoms with Gasteiger partial charge in [-0.05, 0) is 35.6 Å². The van der Waals surface area contributed by atoms with Crippen LogP contribution in [0.5, 0.6) is 0 Å². The Labute approximate surface area is 234 Å². The molecule has 0 bridgehead atoms. The third kappa shape index (κ3) is 7.28. The standard InChI is InChI=1S/C31H37N3O6/c1-21(28-26(35)18-31(2,3)19-27(28)36)32-25(29(37)38)17-22-9-11-24(12-10-22)33-13-15-34(16-14-33)30(39)40-20-23-7-5-4-6-8-23/h4-12,25,32H,13-20H2,1-3H3,(H,37,38)/t25-/m0/s1. The van der Waals surface area contributed by atoms with Crippen LogP contribution in [0.2, 0.25) is 0 Å². The molecule has 2 aliphatic rings. The monoisotopic (exact) mass is 547 g/mol. The van der Waals surface area contributed by atoms with Crippen molar-refractivity contribution < 1.29 is 29.0 Å². The molecule has 0 unspecified atom stereocenters. The summed E-state index contributed by atoms with van der Waals surface area (Å²) in [6.07, 6.45) is 0.386. The van der Waals surface area contributed by atoms with Crippen molar-refractivity contribution in [2.45, 2.75) is 52.7 Å². The van der Waals surface area contributed by atoms with Crippen molar-refractivity contribution in [2.75, 3.05) is 31.1 Å². The number of carboxylic acids is 1. The molecule has 1 saturated carbocycles. The fourth-order valence-corrected chi connectivity index (χ4v) is 5.25. The first kappa shape index (κ1) is 28.9. The third-order valence-corrected chi connectivity index (χ3v) is 7.38. The molecule has 2 fully saturated rings. The highest BCUT2D eigenvalue weighted by atomic mass is 16.6. The van der Waals surface area contributed by atoms with Crippen molar-refractivity contribution in [1.82, 2.24) is 10.2 Å². The van der Waals surface area contributed by atoms with Crippen molar-refractivity contribution in [3.8, 4) is 0 Å². The van der Waals surface area contributed by atoms with Crippen LogP contribution in [0.25, 0.3) is 0 Å². The maximum Gasteiger partial charge on any atom is 0.410 e. The molecular formula is C31H37N3O6. The van der Waals surface area contributed by atoms with Crippen LogP contribution in [0.4, 0.5) is 10.5 Å². The normalized spacial score (nSPS) is 17.8. The number of benzene rings is 2. The largest absolute Gasteiger partial charge is 0.480 e. The van der Waals surface area contributed by atoms with E-state index in [9.17, 15) is 24.3 Å². The second kappa shape index (κ2) is 12.4. The van der Waals surface area contributed by atoms with Crippen molar-refractivity contribution >= 4 is 29.3 Å². The van der Waals surface area contributed by atoms with Crippen LogP contribution in [0.15, 0.2) is 65.9 Å². The van der Waals surface area contributed by atoms with Gasteiger partial charge in [0.1, 0.15) is 12.6 Å². The number of hydrogen-bond acceptors (Lipinski definition) is 7. The van der Waals surface area contributed by atoms with Gasteiger partial charge in [0.25, 0.3) is 0 Å². The van der Waals surface area contributed by atoms with Crippen molar-refractivity contribution in [2.24, 2.45) is 5.41 Å². The molecule has 1 aliphatic carbocycles. The molecule has 9 heteroatoms. The van der Waals surface area contributed by atoms with E-state index >= 15 is 0 Å². The number of ether oxygens (including phenoxy) is 1. The van der Waals surface area contributed by atoms with Gasteiger partial charge in [-0.3, -0.25) is 9.59 Å². The van der Waals surface area contributed by atoms with Gasteiger partial charge in [-0.15, -0.1) is 0 Å². The second-order valence-electron chi connectivity index (χ2n) is 11.3. The number of ketones is 2. The van der Waals surface area contributed by atoms with E-state index in [0.29, 0.717) is 31.9 Å². The Bertz CT molecular complexity index is 1260. The number of Topliss-reactive ketones (excluding diaryl/α,β-unsaturated/α-hetero) is 2. The van der Waals surface area contributed by atoms with Gasteiger partial charge in [0.15, 0.2) is 11.6 Å². The van der Waals surface area contributed by atoms with E-state index in [1.54, 1.807) is 11.8 Å². The quantitative estimate of drug-likeness (QED) is 0.377. The van der Waals surface area contributed by atoms with E-state index in [4.69, 9.17) is 4.74 Å². The molecular weight excluding hydrogens is 510 g/mol. The maximum absolute atomic E-state index is 12.6. The first-order valence-electron chi connectivity index (χ1n) is 13.6. The molecule has 0 aromatic heterocycles. The van der Waals surface area contributed by atoms with E-state index in [1.165, 1.54) is 0 Å². The molecule has 1 aliphatic heterocycles. The SMILES string of the molecule is CC(N[C@@H](Cc1ccc(N2CCN(C(=O)OCc3ccccc3)CC2)cc1)C(=O)O)=C1C(=O)CC(C)(C)CC1=O. The van der Waals surface area contributed by atoms with E-state index < -0.39 is 12.0 Å². The van der Waals surface area contributed by atoms with Crippen LogP contribution in [-0.4, -0.2) is 65.9 Å². The van der Waals surface area contributed by atoms with E-state index in [-0.39, 0.29) is 54.5 Å². The molecule has 212 valence electrons. The van der Waals surface area contributed by atoms with Gasteiger partial charge >= 0.3 is 12.1 Å². The Morgan fingerprint density at radius 1 is 0.925 bits per heavy atom. The topological polar surface area (TPSA) is 116 Å². The van der Waals surface area contributed by atoms with Gasteiger partial charge in [-0.2, -0.15) is 0 Å². The van der Waals surface area contributed by atoms with Gasteiger partial charge in [0.2, 0.25) is 0 Å². The van der Waals surface area contributed by atoms with E-state index in [1.807, 2.05) is 68.4 Å². The summed E-state index contributed by atoms with van der Waals surface area (Å²) >= 11 is 0. The van der Waals surface area contributed by atoms with Crippen LogP contribution >= 0.6 is 0 Å². The summed E-state index contributed by atoms with van der Waals surface area (Å²) in [6.45, 7) is 8.01. The average Bonchev–Trinajstić information content (AvgIpc) is 2.91. The number of amides is 1. The first-order valence-corrected chi connectivity index (χ1v) is 13.6. The number of nitrogens with one attached hydrogen (secondary N) is 1. The van der Waals surface area contributed by atoms with Gasteiger partial charge in [-0.1, -0.05) is 56.3 Å². The number of hydrogen-bond donors (Lipinski definition) is 2. The highest BCUT2D eigenvalue weighted by molar-refractivity contribution is 6.22. The van der Waals surface area contributed by atoms with Crippen LogP contribution in [0.1, 0.15) is 44.7 Å². The van der Waals surface area contributed by atoms with Crippen molar-refractivity contribution in [3.63, 3.8) is 0 Å². The molecule has 2 N–H and O–H groups in total. The zero-order valence-corrected chi connectivity index (χ0v) is 23.3. The number of nitrogens with zero attached hydrogens (tertiary/aromatic N) is 2. The third-order valence-electron chi connectivity index (χ3n) is 7.38. The van der Waals surface area contributed by atoms with Gasteiger partial charge in [0.05, 0.1) is 5.57 Å². The summed E-state index contributed by atoms with van der Waals surface area (Å²) in [5.41, 5.74) is 2.76. The Morgan fingerprint density at radius 2 is 1.52 bits per heavy atom. The summed E-state index contributed by atoms with van der Waals surface area (Å²) in [5, 5.41) is 12.7. The number of anilines is 1. The van der Waals surface area contributed by atoms with Crippen LogP contribution in [0, 0.1) is 5.41 Å². The van der Waals surface area contributed by atoms with Gasteiger partial charge in [-0.25, -0.2) is 9.59 Å². The predicted molar refractivity (Wildman–Crippen MR) is 151 cm³/mol. The summed E-state index contributed by atoms with van der Waals surface area (Å²) in [6, 6.07) is 16.2. The number of carbonyl (C=O) groups excluding carboxylic acids is 3. The summed E-state index contributed by atoms with van der Waals surface area (Å²) < 4.78 is 5.44. The highest BCUT2D eigenvalue weighted by Crippen LogP contribution is 2.34. The minimum Gasteiger partial charge on any atom is -0.480 e. The Kier molecular flexibility index (Phi) is 8.92. The number of carbonyl (C=O) groups is 4. The molecule has 4 rings (SSSR count). The lowest BCUT2D eigenvalue weighted by Crippen LogP contribution is -2.48. The number of aliphatic carboxylic acids is 1. The molecule has 2 aromatic carbocycles. The van der Waals surface area contributed by atoms with E-state index in [0.717, 1.165) is 16.8 Å². The van der Waals surface area contributed by atoms with Gasteiger partial charge in [0, 0.05) is 56.8 Å². The molecule has 1 heterocycles. The average molecular weight is 548 g/mol. The maximum atomic E-state index is 12.6. The number of piperazine rings is 1. The molecule has 1 saturated heterocycles. The Balaban J connectivity index is 1.31. The fourth-order valence-electron chi connectivity index (χ4n) is 5.25. The predicted octanol–water partition coefficient (Wildman–Crippen LogP) is 3.96. The second-order valence-corrected chi connectivity index (χ2v) is 11.3. The molecule has 40 heavy (non-hydrogen) atoms. The van der Waals surface area contributed by atoms with Gasteiger partial charge < -0.3 is 25.0 Å². The molecule has 0 spiro atoms. The first-order chi connectivity index (χ1) is 19.0. The zero-order valence-electron chi connectivity index (χ0n) is 23.3. The number of allylic oxidation sites excluding steroid dienone is 2. The smallest absolute Gasteiger partial charge is 0.410 e. The summed E-state index contributed by atoms with van der Waals surface area (Å²) in [7, 11) is 0. The summed E-state index contributed by atoms with van der Waals surface area (Å²) in [5.74, 6) is -1.55. The van der Waals surface area contributed by atoms with Crippen LogP contribution < -0.4 is 10.2 Å². The lowest BCUT2D eigenvalue weighted by Gasteiger charge is -2.35. The number of carboxylic acid groups (broad SMARTS) is 1. The highest BCUT2D eigenvalue weighted by Gasteiger charge is 2.37. The zero-order chi connectivity index (χ0) is 28.9. The lowest BCUT2D eigenvalue weighted by molar-refractivity contribution is -0.139. The minimum absolute atomic E-state index is 0.0870. The molecule has 2 aromatic rings. The Morgan fingerprint density at radius 3 is 2.10 bits per heavy atom. The molecule has 1 atom stereocenters. The van der Waals surface area contributed by atoms with Crippen molar-refractivity contribution in [3.05, 3.63) is 77.0 Å². The molecule has 0 radical (unpaired) electrons. The number of rotatable bonds is 8.